The molecule has 0 aliphatic carbocycles. The van der Waals surface area contributed by atoms with Crippen molar-refractivity contribution in [2.24, 2.45) is 0 Å². The molecule has 5 nitrogen and oxygen atoms in total. The van der Waals surface area contributed by atoms with E-state index in [0.717, 1.165) is 18.8 Å². The molecular formula is C19H22N2O3S. The Morgan fingerprint density at radius 1 is 0.920 bits per heavy atom. The topological polar surface area (TPSA) is 66.5 Å². The van der Waals surface area contributed by atoms with Gasteiger partial charge in [-0.05, 0) is 62.6 Å². The average Bonchev–Trinajstić information content (AvgIpc) is 2.63. The smallest absolute Gasteiger partial charge is 0.261 e. The van der Waals surface area contributed by atoms with Gasteiger partial charge in [0.15, 0.2) is 5.78 Å². The first kappa shape index (κ1) is 17.5. The van der Waals surface area contributed by atoms with Gasteiger partial charge in [0, 0.05) is 30.0 Å². The fourth-order valence-corrected chi connectivity index (χ4v) is 4.03. The summed E-state index contributed by atoms with van der Waals surface area (Å²) in [6.45, 7) is 3.55. The first-order valence-corrected chi connectivity index (χ1v) is 9.93. The van der Waals surface area contributed by atoms with E-state index in [1.807, 2.05) is 12.1 Å². The first-order valence-electron chi connectivity index (χ1n) is 8.44. The highest BCUT2D eigenvalue weighted by Gasteiger charge is 2.15. The van der Waals surface area contributed by atoms with E-state index < -0.39 is 10.0 Å². The molecule has 1 N–H and O–H groups in total. The zero-order valence-corrected chi connectivity index (χ0v) is 15.1. The molecular weight excluding hydrogens is 336 g/mol. The molecule has 132 valence electrons. The van der Waals surface area contributed by atoms with Crippen molar-refractivity contribution >= 4 is 27.2 Å². The van der Waals surface area contributed by atoms with E-state index in [9.17, 15) is 13.2 Å². The zero-order chi connectivity index (χ0) is 17.9. The Labute approximate surface area is 148 Å². The number of ketones is 1. The Kier molecular flexibility index (Phi) is 5.08. The van der Waals surface area contributed by atoms with Crippen molar-refractivity contribution in [2.45, 2.75) is 31.1 Å². The molecule has 1 aliphatic heterocycles. The highest BCUT2D eigenvalue weighted by atomic mass is 32.2. The van der Waals surface area contributed by atoms with Gasteiger partial charge in [-0.15, -0.1) is 0 Å². The summed E-state index contributed by atoms with van der Waals surface area (Å²) in [6.07, 6.45) is 3.67. The van der Waals surface area contributed by atoms with Crippen LogP contribution in [0.25, 0.3) is 0 Å². The monoisotopic (exact) mass is 358 g/mol. The summed E-state index contributed by atoms with van der Waals surface area (Å²) in [4.78, 5) is 13.7. The van der Waals surface area contributed by atoms with Crippen LogP contribution in [0.3, 0.4) is 0 Å². The van der Waals surface area contributed by atoms with Gasteiger partial charge in [-0.3, -0.25) is 9.52 Å². The molecule has 1 fully saturated rings. The van der Waals surface area contributed by atoms with E-state index in [0.29, 0.717) is 11.3 Å². The fourth-order valence-electron chi connectivity index (χ4n) is 2.98. The van der Waals surface area contributed by atoms with Crippen LogP contribution in [0.2, 0.25) is 0 Å². The van der Waals surface area contributed by atoms with E-state index in [-0.39, 0.29) is 10.7 Å². The van der Waals surface area contributed by atoms with Crippen LogP contribution in [0.4, 0.5) is 11.4 Å². The summed E-state index contributed by atoms with van der Waals surface area (Å²) in [7, 11) is -3.67. The molecule has 0 bridgehead atoms. The van der Waals surface area contributed by atoms with E-state index in [1.165, 1.54) is 50.5 Å². The van der Waals surface area contributed by atoms with Crippen molar-refractivity contribution in [1.29, 1.82) is 0 Å². The molecule has 0 saturated carbocycles. The van der Waals surface area contributed by atoms with Gasteiger partial charge in [-0.1, -0.05) is 12.1 Å². The third-order valence-electron chi connectivity index (χ3n) is 4.41. The van der Waals surface area contributed by atoms with E-state index in [2.05, 4.69) is 9.62 Å². The normalized spacial score (nSPS) is 15.0. The van der Waals surface area contributed by atoms with Gasteiger partial charge in [0.05, 0.1) is 4.90 Å². The lowest BCUT2D eigenvalue weighted by molar-refractivity contribution is 0.101. The Balaban J connectivity index is 1.73. The number of nitrogens with one attached hydrogen (secondary N) is 1. The molecule has 1 aliphatic rings. The summed E-state index contributed by atoms with van der Waals surface area (Å²) < 4.78 is 27.5. The quantitative estimate of drug-likeness (QED) is 0.828. The average molecular weight is 358 g/mol. The molecule has 0 amide bonds. The summed E-state index contributed by atoms with van der Waals surface area (Å²) in [5.74, 6) is -0.0924. The third-order valence-corrected chi connectivity index (χ3v) is 5.81. The second-order valence-electron chi connectivity index (χ2n) is 6.28. The molecule has 2 aromatic rings. The van der Waals surface area contributed by atoms with Gasteiger partial charge >= 0.3 is 0 Å². The number of Topliss-reactive ketones (excluding diaryl/α,β-unsaturated/α-hetero) is 1. The molecule has 1 saturated heterocycles. The van der Waals surface area contributed by atoms with E-state index in [1.54, 1.807) is 12.1 Å². The number of hydrogen-bond acceptors (Lipinski definition) is 4. The van der Waals surface area contributed by atoms with Gasteiger partial charge in [0.1, 0.15) is 0 Å². The number of anilines is 2. The molecule has 1 heterocycles. The third kappa shape index (κ3) is 4.20. The SMILES string of the molecule is CC(=O)c1ccc(S(=O)(=O)Nc2ccc(N3CCCCC3)cc2)cc1. The summed E-state index contributed by atoms with van der Waals surface area (Å²) >= 11 is 0. The molecule has 6 heteroatoms. The maximum atomic E-state index is 12.5. The largest absolute Gasteiger partial charge is 0.372 e. The Morgan fingerprint density at radius 3 is 2.08 bits per heavy atom. The predicted octanol–water partition coefficient (Wildman–Crippen LogP) is 3.68. The summed E-state index contributed by atoms with van der Waals surface area (Å²) in [5, 5.41) is 0. The van der Waals surface area contributed by atoms with Crippen LogP contribution in [-0.4, -0.2) is 27.3 Å². The number of sulfonamides is 1. The van der Waals surface area contributed by atoms with Crippen LogP contribution < -0.4 is 9.62 Å². The molecule has 0 atom stereocenters. The fraction of sp³-hybridized carbons (Fsp3) is 0.316. The van der Waals surface area contributed by atoms with Crippen molar-refractivity contribution in [2.75, 3.05) is 22.7 Å². The molecule has 0 radical (unpaired) electrons. The van der Waals surface area contributed by atoms with Crippen LogP contribution in [0.15, 0.2) is 53.4 Å². The number of carbonyl (C=O) groups is 1. The highest BCUT2D eigenvalue weighted by Crippen LogP contribution is 2.23. The van der Waals surface area contributed by atoms with Crippen LogP contribution in [0, 0.1) is 0 Å². The van der Waals surface area contributed by atoms with Gasteiger partial charge in [0.2, 0.25) is 0 Å². The van der Waals surface area contributed by atoms with E-state index in [4.69, 9.17) is 0 Å². The molecule has 0 spiro atoms. The minimum Gasteiger partial charge on any atom is -0.372 e. The standard InChI is InChI=1S/C19H22N2O3S/c1-15(22)16-5-11-19(12-6-16)25(23,24)20-17-7-9-18(10-8-17)21-13-3-2-4-14-21/h5-12,20H,2-4,13-14H2,1H3. The van der Waals surface area contributed by atoms with Crippen molar-refractivity contribution in [3.63, 3.8) is 0 Å². The second-order valence-corrected chi connectivity index (χ2v) is 7.96. The Morgan fingerprint density at radius 2 is 1.52 bits per heavy atom. The number of nitrogens with zero attached hydrogens (tertiary/aromatic N) is 1. The predicted molar refractivity (Wildman–Crippen MR) is 99.8 cm³/mol. The van der Waals surface area contributed by atoms with Crippen LogP contribution >= 0.6 is 0 Å². The zero-order valence-electron chi connectivity index (χ0n) is 14.2. The van der Waals surface area contributed by atoms with Crippen molar-refractivity contribution < 1.29 is 13.2 Å². The molecule has 3 rings (SSSR count). The highest BCUT2D eigenvalue weighted by molar-refractivity contribution is 7.92. The van der Waals surface area contributed by atoms with Crippen molar-refractivity contribution in [3.8, 4) is 0 Å². The number of piperidine rings is 1. The molecule has 0 unspecified atom stereocenters. The van der Waals surface area contributed by atoms with Gasteiger partial charge in [-0.2, -0.15) is 0 Å². The van der Waals surface area contributed by atoms with Crippen molar-refractivity contribution in [3.05, 3.63) is 54.1 Å². The Bertz CT molecular complexity index is 837. The second kappa shape index (κ2) is 7.27. The number of rotatable bonds is 5. The van der Waals surface area contributed by atoms with Crippen LogP contribution in [0.1, 0.15) is 36.5 Å². The van der Waals surface area contributed by atoms with Crippen LogP contribution in [-0.2, 0) is 10.0 Å². The summed E-state index contributed by atoms with van der Waals surface area (Å²) in [5.41, 5.74) is 2.13. The van der Waals surface area contributed by atoms with Gasteiger partial charge in [-0.25, -0.2) is 8.42 Å². The van der Waals surface area contributed by atoms with Crippen molar-refractivity contribution in [1.82, 2.24) is 0 Å². The minimum absolute atomic E-state index is 0.0924. The van der Waals surface area contributed by atoms with Crippen LogP contribution in [0.5, 0.6) is 0 Å². The number of carbonyl (C=O) groups excluding carboxylic acids is 1. The molecule has 2 aromatic carbocycles. The Hall–Kier alpha value is -2.34. The first-order chi connectivity index (χ1) is 12.0. The lowest BCUT2D eigenvalue weighted by Crippen LogP contribution is -2.29. The van der Waals surface area contributed by atoms with E-state index >= 15 is 0 Å². The maximum Gasteiger partial charge on any atom is 0.261 e. The number of benzene rings is 2. The molecule has 0 aromatic heterocycles. The minimum atomic E-state index is -3.67. The lowest BCUT2D eigenvalue weighted by Gasteiger charge is -2.28. The number of hydrogen-bond donors (Lipinski definition) is 1. The molecule has 25 heavy (non-hydrogen) atoms. The van der Waals surface area contributed by atoms with Gasteiger partial charge < -0.3 is 4.90 Å². The summed E-state index contributed by atoms with van der Waals surface area (Å²) in [6, 6.07) is 13.4. The maximum absolute atomic E-state index is 12.5. The lowest BCUT2D eigenvalue weighted by atomic mass is 10.1. The van der Waals surface area contributed by atoms with Gasteiger partial charge in [0.25, 0.3) is 10.0 Å².